The lowest BCUT2D eigenvalue weighted by atomic mass is 10.2. The van der Waals surface area contributed by atoms with Gasteiger partial charge in [0.1, 0.15) is 0 Å². The summed E-state index contributed by atoms with van der Waals surface area (Å²) in [6.45, 7) is 3.16. The van der Waals surface area contributed by atoms with Gasteiger partial charge in [0, 0.05) is 0 Å². The molecule has 0 aliphatic carbocycles. The smallest absolute Gasteiger partial charge is 0.261 e. The molecule has 4 nitrogen and oxygen atoms in total. The first-order valence-electron chi connectivity index (χ1n) is 5.07. The fourth-order valence-electron chi connectivity index (χ4n) is 1.55. The number of rotatable bonds is 2. The van der Waals surface area contributed by atoms with Crippen LogP contribution in [0.4, 0.5) is 0 Å². The number of nitrogens with zero attached hydrogens (tertiary/aromatic N) is 2. The third-order valence-electron chi connectivity index (χ3n) is 2.70. The van der Waals surface area contributed by atoms with Crippen molar-refractivity contribution in [3.63, 3.8) is 0 Å². The minimum atomic E-state index is -0.468. The van der Waals surface area contributed by atoms with Gasteiger partial charge in [-0.15, -0.1) is 0 Å². The third kappa shape index (κ3) is 1.62. The Morgan fingerprint density at radius 1 is 1.38 bits per heavy atom. The van der Waals surface area contributed by atoms with Crippen LogP contribution in [0, 0.1) is 0 Å². The van der Waals surface area contributed by atoms with Crippen LogP contribution >= 0.6 is 0 Å². The number of fused-ring (bicyclic) bond motifs is 1. The molecule has 16 heavy (non-hydrogen) atoms. The Labute approximate surface area is 92.5 Å². The SMILES string of the molecule is CC(=O)C(C)n1cnc2ccccc2c1=O. The number of ketones is 1. The molecule has 1 aromatic carbocycles. The number of hydrogen-bond acceptors (Lipinski definition) is 3. The van der Waals surface area contributed by atoms with Crippen LogP contribution in [0.3, 0.4) is 0 Å². The Morgan fingerprint density at radius 3 is 2.75 bits per heavy atom. The molecule has 0 fully saturated rings. The molecule has 1 aromatic heterocycles. The van der Waals surface area contributed by atoms with Gasteiger partial charge in [-0.1, -0.05) is 12.1 Å². The molecule has 1 atom stereocenters. The van der Waals surface area contributed by atoms with E-state index < -0.39 is 6.04 Å². The summed E-state index contributed by atoms with van der Waals surface area (Å²) in [5, 5.41) is 0.540. The highest BCUT2D eigenvalue weighted by Crippen LogP contribution is 2.08. The molecule has 0 bridgehead atoms. The standard InChI is InChI=1S/C12H12N2O2/c1-8(9(2)15)14-7-13-11-6-4-3-5-10(11)12(14)16/h3-8H,1-2H3. The van der Waals surface area contributed by atoms with E-state index in [-0.39, 0.29) is 11.3 Å². The molecule has 0 saturated carbocycles. The van der Waals surface area contributed by atoms with Gasteiger partial charge in [-0.05, 0) is 26.0 Å². The summed E-state index contributed by atoms with van der Waals surface area (Å²) in [6.07, 6.45) is 1.43. The van der Waals surface area contributed by atoms with Gasteiger partial charge in [-0.3, -0.25) is 14.2 Å². The van der Waals surface area contributed by atoms with Crippen LogP contribution in [0.25, 0.3) is 10.9 Å². The van der Waals surface area contributed by atoms with Crippen LogP contribution in [-0.2, 0) is 4.79 Å². The van der Waals surface area contributed by atoms with E-state index in [1.54, 1.807) is 25.1 Å². The van der Waals surface area contributed by atoms with Crippen molar-refractivity contribution in [2.24, 2.45) is 0 Å². The number of carbonyl (C=O) groups is 1. The third-order valence-corrected chi connectivity index (χ3v) is 2.70. The molecule has 82 valence electrons. The number of carbonyl (C=O) groups excluding carboxylic acids is 1. The van der Waals surface area contributed by atoms with Crippen LogP contribution in [-0.4, -0.2) is 15.3 Å². The Hall–Kier alpha value is -1.97. The van der Waals surface area contributed by atoms with Crippen LogP contribution in [0.15, 0.2) is 35.4 Å². The van der Waals surface area contributed by atoms with Crippen LogP contribution in [0.2, 0.25) is 0 Å². The first-order chi connectivity index (χ1) is 7.61. The Balaban J connectivity index is 2.70. The minimum absolute atomic E-state index is 0.0563. The molecule has 0 amide bonds. The largest absolute Gasteiger partial charge is 0.298 e. The van der Waals surface area contributed by atoms with Crippen molar-refractivity contribution in [2.75, 3.05) is 0 Å². The zero-order valence-electron chi connectivity index (χ0n) is 9.18. The molecule has 0 N–H and O–H groups in total. The maximum absolute atomic E-state index is 12.0. The van der Waals surface area contributed by atoms with Crippen LogP contribution < -0.4 is 5.56 Å². The molecule has 0 saturated heterocycles. The first kappa shape index (κ1) is 10.5. The normalized spacial score (nSPS) is 12.6. The number of benzene rings is 1. The summed E-state index contributed by atoms with van der Waals surface area (Å²) in [7, 11) is 0. The van der Waals surface area contributed by atoms with Crippen molar-refractivity contribution < 1.29 is 4.79 Å². The topological polar surface area (TPSA) is 52.0 Å². The van der Waals surface area contributed by atoms with Crippen molar-refractivity contribution in [2.45, 2.75) is 19.9 Å². The highest BCUT2D eigenvalue weighted by molar-refractivity contribution is 5.81. The van der Waals surface area contributed by atoms with E-state index in [1.165, 1.54) is 17.8 Å². The van der Waals surface area contributed by atoms with E-state index in [0.717, 1.165) is 0 Å². The second-order valence-corrected chi connectivity index (χ2v) is 3.76. The lowest BCUT2D eigenvalue weighted by molar-refractivity contribution is -0.119. The fourth-order valence-corrected chi connectivity index (χ4v) is 1.55. The number of aromatic nitrogens is 2. The molecule has 1 heterocycles. The predicted molar refractivity (Wildman–Crippen MR) is 61.4 cm³/mol. The van der Waals surface area contributed by atoms with Crippen molar-refractivity contribution in [3.05, 3.63) is 40.9 Å². The molecular formula is C12H12N2O2. The molecular weight excluding hydrogens is 204 g/mol. The van der Waals surface area contributed by atoms with Gasteiger partial charge in [0.15, 0.2) is 5.78 Å². The Bertz CT molecular complexity index is 601. The maximum Gasteiger partial charge on any atom is 0.261 e. The summed E-state index contributed by atoms with van der Waals surface area (Å²) in [6, 6.07) is 6.64. The molecule has 2 aromatic rings. The van der Waals surface area contributed by atoms with Crippen LogP contribution in [0.5, 0.6) is 0 Å². The second-order valence-electron chi connectivity index (χ2n) is 3.76. The first-order valence-corrected chi connectivity index (χ1v) is 5.07. The zero-order valence-corrected chi connectivity index (χ0v) is 9.18. The highest BCUT2D eigenvalue weighted by atomic mass is 16.1. The van der Waals surface area contributed by atoms with Gasteiger partial charge in [-0.25, -0.2) is 4.98 Å². The fraction of sp³-hybridized carbons (Fsp3) is 0.250. The van der Waals surface area contributed by atoms with E-state index in [1.807, 2.05) is 6.07 Å². The summed E-state index contributed by atoms with van der Waals surface area (Å²) in [4.78, 5) is 27.4. The number of para-hydroxylation sites is 1. The van der Waals surface area contributed by atoms with E-state index in [0.29, 0.717) is 10.9 Å². The van der Waals surface area contributed by atoms with Crippen molar-refractivity contribution >= 4 is 16.7 Å². The van der Waals surface area contributed by atoms with Crippen LogP contribution in [0.1, 0.15) is 19.9 Å². The molecule has 0 aliphatic heterocycles. The van der Waals surface area contributed by atoms with E-state index in [9.17, 15) is 9.59 Å². The Kier molecular flexibility index (Phi) is 2.56. The molecule has 0 aliphatic rings. The molecule has 0 radical (unpaired) electrons. The van der Waals surface area contributed by atoms with E-state index in [2.05, 4.69) is 4.98 Å². The van der Waals surface area contributed by atoms with E-state index in [4.69, 9.17) is 0 Å². The summed E-state index contributed by atoms with van der Waals surface area (Å²) >= 11 is 0. The summed E-state index contributed by atoms with van der Waals surface area (Å²) in [5.41, 5.74) is 0.479. The summed E-state index contributed by atoms with van der Waals surface area (Å²) < 4.78 is 1.37. The number of hydrogen-bond donors (Lipinski definition) is 0. The zero-order chi connectivity index (χ0) is 11.7. The summed E-state index contributed by atoms with van der Waals surface area (Å²) in [5.74, 6) is -0.0563. The average molecular weight is 216 g/mol. The predicted octanol–water partition coefficient (Wildman–Crippen LogP) is 1.55. The highest BCUT2D eigenvalue weighted by Gasteiger charge is 2.13. The molecule has 2 rings (SSSR count). The Morgan fingerprint density at radius 2 is 2.06 bits per heavy atom. The molecule has 0 spiro atoms. The van der Waals surface area contributed by atoms with Gasteiger partial charge >= 0.3 is 0 Å². The van der Waals surface area contributed by atoms with Gasteiger partial charge in [0.05, 0.1) is 23.3 Å². The lowest BCUT2D eigenvalue weighted by Crippen LogP contribution is -2.27. The monoisotopic (exact) mass is 216 g/mol. The van der Waals surface area contributed by atoms with E-state index >= 15 is 0 Å². The van der Waals surface area contributed by atoms with Crippen molar-refractivity contribution in [3.8, 4) is 0 Å². The average Bonchev–Trinajstić information content (AvgIpc) is 2.29. The second kappa shape index (κ2) is 3.89. The number of Topliss-reactive ketones (excluding diaryl/α,β-unsaturated/α-hetero) is 1. The van der Waals surface area contributed by atoms with Crippen molar-refractivity contribution in [1.29, 1.82) is 0 Å². The minimum Gasteiger partial charge on any atom is -0.298 e. The van der Waals surface area contributed by atoms with Gasteiger partial charge in [0.25, 0.3) is 5.56 Å². The quantitative estimate of drug-likeness (QED) is 0.765. The molecule has 1 unspecified atom stereocenters. The molecule has 4 heteroatoms. The lowest BCUT2D eigenvalue weighted by Gasteiger charge is -2.11. The maximum atomic E-state index is 12.0. The van der Waals surface area contributed by atoms with Gasteiger partial charge in [-0.2, -0.15) is 0 Å². The van der Waals surface area contributed by atoms with Gasteiger partial charge in [0.2, 0.25) is 0 Å². The van der Waals surface area contributed by atoms with Gasteiger partial charge < -0.3 is 0 Å². The van der Waals surface area contributed by atoms with Crippen molar-refractivity contribution in [1.82, 2.24) is 9.55 Å².